The molecular formula is C19H29N3O4S. The van der Waals surface area contributed by atoms with E-state index in [1.165, 1.54) is 8.61 Å². The molecule has 27 heavy (non-hydrogen) atoms. The third kappa shape index (κ3) is 4.68. The first-order chi connectivity index (χ1) is 12.8. The molecule has 0 aliphatic carbocycles. The summed E-state index contributed by atoms with van der Waals surface area (Å²) in [7, 11) is -3.52. The molecule has 3 rings (SSSR count). The van der Waals surface area contributed by atoms with E-state index >= 15 is 0 Å². The van der Waals surface area contributed by atoms with Crippen LogP contribution < -0.4 is 0 Å². The molecule has 1 aromatic rings. The lowest BCUT2D eigenvalue weighted by atomic mass is 10.1. The molecule has 7 nitrogen and oxygen atoms in total. The van der Waals surface area contributed by atoms with E-state index in [0.29, 0.717) is 45.7 Å². The molecule has 0 bridgehead atoms. The van der Waals surface area contributed by atoms with Crippen molar-refractivity contribution >= 4 is 16.1 Å². The van der Waals surface area contributed by atoms with Gasteiger partial charge in [0.25, 0.3) is 10.2 Å². The molecule has 150 valence electrons. The Bertz CT molecular complexity index is 765. The van der Waals surface area contributed by atoms with Crippen LogP contribution in [-0.4, -0.2) is 79.3 Å². The van der Waals surface area contributed by atoms with E-state index < -0.39 is 10.2 Å². The monoisotopic (exact) mass is 395 g/mol. The molecule has 8 heteroatoms. The third-order valence-electron chi connectivity index (χ3n) is 5.23. The SMILES string of the molecule is Cc1ccccc1CC(=O)N1CCN(S(=O)(=O)N2C[C@@H](C)O[C@@H](C)C2)CC1. The molecule has 2 saturated heterocycles. The minimum Gasteiger partial charge on any atom is -0.373 e. The summed E-state index contributed by atoms with van der Waals surface area (Å²) in [6, 6.07) is 7.86. The van der Waals surface area contributed by atoms with Gasteiger partial charge in [-0.1, -0.05) is 24.3 Å². The first-order valence-electron chi connectivity index (χ1n) is 9.50. The number of hydrogen-bond acceptors (Lipinski definition) is 4. The van der Waals surface area contributed by atoms with E-state index in [1.807, 2.05) is 45.0 Å². The fourth-order valence-corrected chi connectivity index (χ4v) is 5.48. The standard InChI is InChI=1S/C19H29N3O4S/c1-15-6-4-5-7-18(15)12-19(23)20-8-10-21(11-9-20)27(24,25)22-13-16(2)26-17(3)14-22/h4-7,16-17H,8-14H2,1-3H3/t16-,17+. The Balaban J connectivity index is 1.58. The van der Waals surface area contributed by atoms with Gasteiger partial charge in [0, 0.05) is 39.3 Å². The minimum absolute atomic E-state index is 0.0509. The summed E-state index contributed by atoms with van der Waals surface area (Å²) >= 11 is 0. The maximum absolute atomic E-state index is 12.9. The van der Waals surface area contributed by atoms with Crippen molar-refractivity contribution in [1.29, 1.82) is 0 Å². The summed E-state index contributed by atoms with van der Waals surface area (Å²) in [5.74, 6) is 0.0509. The van der Waals surface area contributed by atoms with Crippen LogP contribution in [0.5, 0.6) is 0 Å². The lowest BCUT2D eigenvalue weighted by Crippen LogP contribution is -2.57. The van der Waals surface area contributed by atoms with E-state index in [-0.39, 0.29) is 18.1 Å². The second kappa shape index (κ2) is 8.26. The zero-order chi connectivity index (χ0) is 19.6. The predicted molar refractivity (Wildman–Crippen MR) is 104 cm³/mol. The largest absolute Gasteiger partial charge is 0.373 e. The number of hydrogen-bond donors (Lipinski definition) is 0. The zero-order valence-corrected chi connectivity index (χ0v) is 17.1. The van der Waals surface area contributed by atoms with Crippen LogP contribution in [0.1, 0.15) is 25.0 Å². The van der Waals surface area contributed by atoms with Crippen LogP contribution in [0.15, 0.2) is 24.3 Å². The van der Waals surface area contributed by atoms with Gasteiger partial charge in [0.2, 0.25) is 5.91 Å². The maximum Gasteiger partial charge on any atom is 0.282 e. The van der Waals surface area contributed by atoms with Crippen molar-refractivity contribution in [3.63, 3.8) is 0 Å². The third-order valence-corrected chi connectivity index (χ3v) is 7.20. The van der Waals surface area contributed by atoms with Gasteiger partial charge in [-0.2, -0.15) is 17.0 Å². The molecule has 2 fully saturated rings. The summed E-state index contributed by atoms with van der Waals surface area (Å²) in [5.41, 5.74) is 2.12. The van der Waals surface area contributed by atoms with Crippen molar-refractivity contribution < 1.29 is 17.9 Å². The number of carbonyl (C=O) groups is 1. The highest BCUT2D eigenvalue weighted by Crippen LogP contribution is 2.19. The molecule has 1 amide bonds. The van der Waals surface area contributed by atoms with Gasteiger partial charge >= 0.3 is 0 Å². The fourth-order valence-electron chi connectivity index (χ4n) is 3.73. The highest BCUT2D eigenvalue weighted by Gasteiger charge is 2.37. The number of carbonyl (C=O) groups excluding carboxylic acids is 1. The Morgan fingerprint density at radius 2 is 1.63 bits per heavy atom. The summed E-state index contributed by atoms with van der Waals surface area (Å²) in [6.45, 7) is 8.05. The normalized spacial score (nSPS) is 25.5. The number of benzene rings is 1. The Labute approximate surface area is 162 Å². The number of amides is 1. The zero-order valence-electron chi connectivity index (χ0n) is 16.3. The van der Waals surface area contributed by atoms with Gasteiger partial charge in [-0.25, -0.2) is 0 Å². The Morgan fingerprint density at radius 1 is 1.04 bits per heavy atom. The minimum atomic E-state index is -3.52. The molecule has 2 atom stereocenters. The summed E-state index contributed by atoms with van der Waals surface area (Å²) in [5, 5.41) is 0. The van der Waals surface area contributed by atoms with Crippen molar-refractivity contribution in [2.24, 2.45) is 0 Å². The number of ether oxygens (including phenoxy) is 1. The molecule has 0 radical (unpaired) electrons. The van der Waals surface area contributed by atoms with Gasteiger partial charge < -0.3 is 9.64 Å². The quantitative estimate of drug-likeness (QED) is 0.764. The van der Waals surface area contributed by atoms with Crippen LogP contribution in [0.4, 0.5) is 0 Å². The van der Waals surface area contributed by atoms with Crippen molar-refractivity contribution in [1.82, 2.24) is 13.5 Å². The molecule has 0 saturated carbocycles. The number of piperazine rings is 1. The van der Waals surface area contributed by atoms with Gasteiger partial charge in [0.1, 0.15) is 0 Å². The van der Waals surface area contributed by atoms with Crippen molar-refractivity contribution in [3.8, 4) is 0 Å². The highest BCUT2D eigenvalue weighted by molar-refractivity contribution is 7.86. The lowest BCUT2D eigenvalue weighted by molar-refractivity contribution is -0.131. The average molecular weight is 396 g/mol. The van der Waals surface area contributed by atoms with E-state index in [9.17, 15) is 13.2 Å². The Morgan fingerprint density at radius 3 is 2.22 bits per heavy atom. The Hall–Kier alpha value is -1.48. The molecule has 0 unspecified atom stereocenters. The van der Waals surface area contributed by atoms with E-state index in [0.717, 1.165) is 11.1 Å². The van der Waals surface area contributed by atoms with Gasteiger partial charge in [0.05, 0.1) is 18.6 Å². The predicted octanol–water partition coefficient (Wildman–Crippen LogP) is 1.04. The van der Waals surface area contributed by atoms with Gasteiger partial charge in [-0.15, -0.1) is 0 Å². The molecule has 0 aromatic heterocycles. The maximum atomic E-state index is 12.9. The van der Waals surface area contributed by atoms with Crippen molar-refractivity contribution in [2.45, 2.75) is 39.4 Å². The van der Waals surface area contributed by atoms with Crippen molar-refractivity contribution in [3.05, 3.63) is 35.4 Å². The summed E-state index contributed by atoms with van der Waals surface area (Å²) in [4.78, 5) is 14.4. The number of rotatable bonds is 4. The fraction of sp³-hybridized carbons (Fsp3) is 0.632. The molecule has 0 spiro atoms. The van der Waals surface area contributed by atoms with E-state index in [4.69, 9.17) is 4.74 Å². The van der Waals surface area contributed by atoms with Crippen LogP contribution in [0.3, 0.4) is 0 Å². The number of morpholine rings is 1. The summed E-state index contributed by atoms with van der Waals surface area (Å²) < 4.78 is 34.5. The second-order valence-electron chi connectivity index (χ2n) is 7.47. The van der Waals surface area contributed by atoms with E-state index in [1.54, 1.807) is 4.90 Å². The van der Waals surface area contributed by atoms with Crippen LogP contribution in [0.2, 0.25) is 0 Å². The molecule has 1 aromatic carbocycles. The average Bonchev–Trinajstić information content (AvgIpc) is 2.63. The number of aryl methyl sites for hydroxylation is 1. The van der Waals surface area contributed by atoms with Gasteiger partial charge in [0.15, 0.2) is 0 Å². The second-order valence-corrected chi connectivity index (χ2v) is 9.39. The van der Waals surface area contributed by atoms with Gasteiger partial charge in [-0.3, -0.25) is 4.79 Å². The molecule has 2 aliphatic rings. The van der Waals surface area contributed by atoms with Gasteiger partial charge in [-0.05, 0) is 31.9 Å². The smallest absolute Gasteiger partial charge is 0.282 e. The van der Waals surface area contributed by atoms with Crippen molar-refractivity contribution in [2.75, 3.05) is 39.3 Å². The van der Waals surface area contributed by atoms with Crippen LogP contribution in [0, 0.1) is 6.92 Å². The topological polar surface area (TPSA) is 70.2 Å². The van der Waals surface area contributed by atoms with Crippen LogP contribution >= 0.6 is 0 Å². The van der Waals surface area contributed by atoms with E-state index in [2.05, 4.69) is 0 Å². The summed E-state index contributed by atoms with van der Waals surface area (Å²) in [6.07, 6.45) is 0.138. The Kier molecular flexibility index (Phi) is 6.20. The molecular weight excluding hydrogens is 366 g/mol. The molecule has 2 aliphatic heterocycles. The first-order valence-corrected chi connectivity index (χ1v) is 10.9. The highest BCUT2D eigenvalue weighted by atomic mass is 32.2. The van der Waals surface area contributed by atoms with Crippen LogP contribution in [0.25, 0.3) is 0 Å². The number of nitrogens with zero attached hydrogens (tertiary/aromatic N) is 3. The molecule has 2 heterocycles. The lowest BCUT2D eigenvalue weighted by Gasteiger charge is -2.40. The first kappa shape index (κ1) is 20.3. The van der Waals surface area contributed by atoms with Crippen LogP contribution in [-0.2, 0) is 26.2 Å². The molecule has 0 N–H and O–H groups in total.